The number of amides is 1. The zero-order valence-electron chi connectivity index (χ0n) is 17.7. The number of aryl methyl sites for hydroxylation is 1. The van der Waals surface area contributed by atoms with Crippen molar-refractivity contribution < 1.29 is 14.6 Å². The molecule has 1 aromatic carbocycles. The zero-order chi connectivity index (χ0) is 21.7. The van der Waals surface area contributed by atoms with Crippen molar-refractivity contribution in [2.24, 2.45) is 0 Å². The van der Waals surface area contributed by atoms with E-state index in [-0.39, 0.29) is 12.5 Å². The fraction of sp³-hybridized carbons (Fsp3) is 0.435. The van der Waals surface area contributed by atoms with Gasteiger partial charge in [0.05, 0.1) is 12.3 Å². The lowest BCUT2D eigenvalue weighted by atomic mass is 9.96. The quantitative estimate of drug-likeness (QED) is 0.610. The van der Waals surface area contributed by atoms with Crippen LogP contribution in [0.3, 0.4) is 0 Å². The lowest BCUT2D eigenvalue weighted by molar-refractivity contribution is -0.132. The standard InChI is InChI=1S/C23H28N4O3S/c1-18-20(9-16-30-19-7-3-2-4-8-19)31-22(25-18)23(29)10-5-13-26(15-11-23)21(28)17-27-14-6-12-24-27/h2-4,6-8,12,14,29H,5,9-11,13,15-17H2,1H3/t23-/m0/s1. The Kier molecular flexibility index (Phi) is 6.67. The van der Waals surface area contributed by atoms with Crippen molar-refractivity contribution in [1.82, 2.24) is 19.7 Å². The molecule has 0 bridgehead atoms. The number of thiazole rings is 1. The normalized spacial score (nSPS) is 19.2. The number of carbonyl (C=O) groups excluding carboxylic acids is 1. The van der Waals surface area contributed by atoms with Crippen molar-refractivity contribution in [3.8, 4) is 5.75 Å². The van der Waals surface area contributed by atoms with Gasteiger partial charge in [-0.2, -0.15) is 5.10 Å². The summed E-state index contributed by atoms with van der Waals surface area (Å²) in [5.74, 6) is 0.883. The summed E-state index contributed by atoms with van der Waals surface area (Å²) in [5.41, 5.74) is -0.0461. The van der Waals surface area contributed by atoms with E-state index in [0.717, 1.165) is 34.2 Å². The van der Waals surface area contributed by atoms with Crippen molar-refractivity contribution in [2.75, 3.05) is 19.7 Å². The Morgan fingerprint density at radius 1 is 1.23 bits per heavy atom. The Morgan fingerprint density at radius 3 is 2.84 bits per heavy atom. The molecule has 1 aliphatic heterocycles. The summed E-state index contributed by atoms with van der Waals surface area (Å²) in [7, 11) is 0. The van der Waals surface area contributed by atoms with Gasteiger partial charge in [-0.3, -0.25) is 9.48 Å². The van der Waals surface area contributed by atoms with Gasteiger partial charge in [-0.15, -0.1) is 11.3 Å². The first kappa shape index (κ1) is 21.5. The van der Waals surface area contributed by atoms with Crippen LogP contribution in [0, 0.1) is 6.92 Å². The van der Waals surface area contributed by atoms with E-state index in [0.29, 0.717) is 32.5 Å². The van der Waals surface area contributed by atoms with Gasteiger partial charge >= 0.3 is 0 Å². The molecule has 4 rings (SSSR count). The first-order valence-corrected chi connectivity index (χ1v) is 11.5. The van der Waals surface area contributed by atoms with Gasteiger partial charge in [0.2, 0.25) is 5.91 Å². The van der Waals surface area contributed by atoms with Gasteiger partial charge in [-0.25, -0.2) is 4.98 Å². The lowest BCUT2D eigenvalue weighted by Gasteiger charge is -2.24. The second-order valence-electron chi connectivity index (χ2n) is 7.91. The van der Waals surface area contributed by atoms with Crippen LogP contribution in [0.4, 0.5) is 0 Å². The summed E-state index contributed by atoms with van der Waals surface area (Å²) in [5, 5.41) is 16.2. The van der Waals surface area contributed by atoms with E-state index in [1.54, 1.807) is 28.4 Å². The molecule has 0 radical (unpaired) electrons. The van der Waals surface area contributed by atoms with Crippen LogP contribution < -0.4 is 4.74 Å². The van der Waals surface area contributed by atoms with Crippen LogP contribution in [-0.2, 0) is 23.4 Å². The number of ether oxygens (including phenoxy) is 1. The number of likely N-dealkylation sites (tertiary alicyclic amines) is 1. The number of benzene rings is 1. The third-order valence-electron chi connectivity index (χ3n) is 5.65. The summed E-state index contributed by atoms with van der Waals surface area (Å²) in [6, 6.07) is 11.6. The maximum absolute atomic E-state index is 12.6. The molecular formula is C23H28N4O3S. The van der Waals surface area contributed by atoms with E-state index in [4.69, 9.17) is 9.72 Å². The molecule has 1 N–H and O–H groups in total. The van der Waals surface area contributed by atoms with Crippen molar-refractivity contribution in [1.29, 1.82) is 0 Å². The topological polar surface area (TPSA) is 80.5 Å². The largest absolute Gasteiger partial charge is 0.493 e. The number of nitrogens with zero attached hydrogens (tertiary/aromatic N) is 4. The van der Waals surface area contributed by atoms with Crippen molar-refractivity contribution in [3.63, 3.8) is 0 Å². The van der Waals surface area contributed by atoms with Crippen LogP contribution in [0.5, 0.6) is 5.75 Å². The predicted octanol–water partition coefficient (Wildman–Crippen LogP) is 3.17. The molecule has 0 aliphatic carbocycles. The van der Waals surface area contributed by atoms with Crippen molar-refractivity contribution >= 4 is 17.2 Å². The molecule has 0 saturated carbocycles. The van der Waals surface area contributed by atoms with Gasteiger partial charge in [0.1, 0.15) is 22.9 Å². The van der Waals surface area contributed by atoms with Crippen LogP contribution >= 0.6 is 11.3 Å². The number of hydrogen-bond acceptors (Lipinski definition) is 6. The predicted molar refractivity (Wildman–Crippen MR) is 119 cm³/mol. The van der Waals surface area contributed by atoms with Crippen LogP contribution in [-0.4, -0.2) is 50.4 Å². The smallest absolute Gasteiger partial charge is 0.244 e. The summed E-state index contributed by atoms with van der Waals surface area (Å²) >= 11 is 1.56. The second-order valence-corrected chi connectivity index (χ2v) is 8.99. The minimum atomic E-state index is -0.991. The molecule has 164 valence electrons. The number of aliphatic hydroxyl groups is 1. The molecule has 2 aromatic heterocycles. The minimum absolute atomic E-state index is 0.0296. The molecule has 1 fully saturated rings. The number of aromatic nitrogens is 3. The van der Waals surface area contributed by atoms with E-state index in [9.17, 15) is 9.90 Å². The van der Waals surface area contributed by atoms with Crippen LogP contribution in [0.2, 0.25) is 0 Å². The zero-order valence-corrected chi connectivity index (χ0v) is 18.6. The van der Waals surface area contributed by atoms with Crippen molar-refractivity contribution in [3.05, 3.63) is 64.4 Å². The number of hydrogen-bond donors (Lipinski definition) is 1. The number of carbonyl (C=O) groups is 1. The molecular weight excluding hydrogens is 412 g/mol. The van der Waals surface area contributed by atoms with Gasteiger partial charge in [0, 0.05) is 43.2 Å². The van der Waals surface area contributed by atoms with Crippen LogP contribution in [0.15, 0.2) is 48.8 Å². The monoisotopic (exact) mass is 440 g/mol. The van der Waals surface area contributed by atoms with Crippen LogP contribution in [0.1, 0.15) is 34.8 Å². The van der Waals surface area contributed by atoms with Crippen LogP contribution in [0.25, 0.3) is 0 Å². The molecule has 1 aliphatic rings. The highest BCUT2D eigenvalue weighted by atomic mass is 32.1. The molecule has 8 heteroatoms. The van der Waals surface area contributed by atoms with Gasteiger partial charge in [-0.05, 0) is 38.0 Å². The summed E-state index contributed by atoms with van der Waals surface area (Å²) in [6.07, 6.45) is 6.04. The molecule has 0 unspecified atom stereocenters. The first-order valence-electron chi connectivity index (χ1n) is 10.7. The third-order valence-corrected chi connectivity index (χ3v) is 7.07. The van der Waals surface area contributed by atoms with E-state index >= 15 is 0 Å². The van der Waals surface area contributed by atoms with E-state index < -0.39 is 5.60 Å². The van der Waals surface area contributed by atoms with E-state index in [1.807, 2.05) is 48.2 Å². The number of para-hydroxylation sites is 1. The summed E-state index contributed by atoms with van der Waals surface area (Å²) in [6.45, 7) is 3.94. The Morgan fingerprint density at radius 2 is 2.06 bits per heavy atom. The summed E-state index contributed by atoms with van der Waals surface area (Å²) in [4.78, 5) is 20.3. The molecule has 1 atom stereocenters. The summed E-state index contributed by atoms with van der Waals surface area (Å²) < 4.78 is 7.45. The Bertz CT molecular complexity index is 990. The SMILES string of the molecule is Cc1nc([C@]2(O)CCCN(C(=O)Cn3cccn3)CC2)sc1CCOc1ccccc1. The van der Waals surface area contributed by atoms with Gasteiger partial charge in [0.15, 0.2) is 0 Å². The minimum Gasteiger partial charge on any atom is -0.493 e. The number of rotatable bonds is 7. The Labute approximate surface area is 186 Å². The molecule has 31 heavy (non-hydrogen) atoms. The third kappa shape index (κ3) is 5.32. The van der Waals surface area contributed by atoms with E-state index in [1.165, 1.54) is 0 Å². The molecule has 0 spiro atoms. The fourth-order valence-electron chi connectivity index (χ4n) is 3.85. The second kappa shape index (κ2) is 9.62. The van der Waals surface area contributed by atoms with Gasteiger partial charge in [-0.1, -0.05) is 18.2 Å². The fourth-order valence-corrected chi connectivity index (χ4v) is 5.04. The molecule has 3 heterocycles. The molecule has 1 amide bonds. The Balaban J connectivity index is 1.36. The Hall–Kier alpha value is -2.71. The maximum atomic E-state index is 12.6. The van der Waals surface area contributed by atoms with E-state index in [2.05, 4.69) is 5.10 Å². The first-order chi connectivity index (χ1) is 15.0. The lowest BCUT2D eigenvalue weighted by Crippen LogP contribution is -2.36. The molecule has 1 saturated heterocycles. The van der Waals surface area contributed by atoms with Crippen molar-refractivity contribution in [2.45, 2.75) is 44.8 Å². The molecule has 7 nitrogen and oxygen atoms in total. The highest BCUT2D eigenvalue weighted by Crippen LogP contribution is 2.36. The highest BCUT2D eigenvalue weighted by Gasteiger charge is 2.36. The van der Waals surface area contributed by atoms with Gasteiger partial charge in [0.25, 0.3) is 0 Å². The molecule has 3 aromatic rings. The highest BCUT2D eigenvalue weighted by molar-refractivity contribution is 7.11. The maximum Gasteiger partial charge on any atom is 0.244 e. The average molecular weight is 441 g/mol. The average Bonchev–Trinajstić information content (AvgIpc) is 3.36. The van der Waals surface area contributed by atoms with Gasteiger partial charge < -0.3 is 14.7 Å².